The summed E-state index contributed by atoms with van der Waals surface area (Å²) < 4.78 is 0. The van der Waals surface area contributed by atoms with Gasteiger partial charge in [0.25, 0.3) is 0 Å². The number of carbonyl (C=O) groups excluding carboxylic acids is 1. The van der Waals surface area contributed by atoms with E-state index in [4.69, 9.17) is 5.11 Å². The predicted molar refractivity (Wildman–Crippen MR) is 143 cm³/mol. The molecule has 0 aliphatic heterocycles. The van der Waals surface area contributed by atoms with Crippen LogP contribution in [0.25, 0.3) is 11.1 Å². The zero-order valence-corrected chi connectivity index (χ0v) is 20.8. The van der Waals surface area contributed by atoms with Crippen LogP contribution in [-0.4, -0.2) is 16.9 Å². The molecule has 0 amide bonds. The van der Waals surface area contributed by atoms with Crippen molar-refractivity contribution in [3.05, 3.63) is 83.9 Å². The summed E-state index contributed by atoms with van der Waals surface area (Å²) in [7, 11) is 0. The van der Waals surface area contributed by atoms with Crippen LogP contribution in [0.4, 0.5) is 0 Å². The number of ketones is 1. The molecule has 3 heteroatoms. The molecule has 3 nitrogen and oxygen atoms in total. The van der Waals surface area contributed by atoms with E-state index in [-0.39, 0.29) is 17.8 Å². The smallest absolute Gasteiger partial charge is 0.303 e. The number of benzene rings is 2. The van der Waals surface area contributed by atoms with Gasteiger partial charge in [0.2, 0.25) is 0 Å². The first-order valence-electron chi connectivity index (χ1n) is 13.3. The topological polar surface area (TPSA) is 54.4 Å². The molecule has 2 aliphatic rings. The quantitative estimate of drug-likeness (QED) is 0.301. The number of carboxylic acids is 1. The van der Waals surface area contributed by atoms with Gasteiger partial charge in [-0.15, -0.1) is 0 Å². The van der Waals surface area contributed by atoms with Crippen molar-refractivity contribution >= 4 is 22.9 Å². The molecule has 1 saturated carbocycles. The number of aliphatic carboxylic acids is 1. The number of unbranched alkanes of at least 4 members (excludes halogenated alkanes) is 6. The lowest BCUT2D eigenvalue weighted by atomic mass is 9.66. The van der Waals surface area contributed by atoms with Crippen molar-refractivity contribution in [1.29, 1.82) is 0 Å². The van der Waals surface area contributed by atoms with Gasteiger partial charge in [0.15, 0.2) is 0 Å². The summed E-state index contributed by atoms with van der Waals surface area (Å²) in [6.45, 7) is 4.62. The molecule has 0 bridgehead atoms. The van der Waals surface area contributed by atoms with Crippen LogP contribution in [-0.2, 0) is 9.59 Å². The van der Waals surface area contributed by atoms with Gasteiger partial charge in [0, 0.05) is 24.2 Å². The number of allylic oxidation sites excluding steroid dienone is 3. The molecule has 2 atom stereocenters. The Morgan fingerprint density at radius 3 is 2.14 bits per heavy atom. The van der Waals surface area contributed by atoms with Crippen molar-refractivity contribution in [1.82, 2.24) is 0 Å². The van der Waals surface area contributed by atoms with Gasteiger partial charge in [-0.05, 0) is 54.4 Å². The number of fused-ring (bicyclic) bond motifs is 1. The highest BCUT2D eigenvalue weighted by Crippen LogP contribution is 2.65. The Morgan fingerprint density at radius 2 is 1.49 bits per heavy atom. The minimum atomic E-state index is -0.694. The van der Waals surface area contributed by atoms with Crippen molar-refractivity contribution in [2.24, 2.45) is 11.3 Å². The molecular weight excluding hydrogens is 432 g/mol. The van der Waals surface area contributed by atoms with E-state index in [1.165, 1.54) is 36.0 Å². The van der Waals surface area contributed by atoms with Crippen LogP contribution in [0.15, 0.2) is 72.8 Å². The highest BCUT2D eigenvalue weighted by atomic mass is 16.4. The lowest BCUT2D eigenvalue weighted by molar-refractivity contribution is -0.137. The van der Waals surface area contributed by atoms with Gasteiger partial charge in [-0.2, -0.15) is 0 Å². The summed E-state index contributed by atoms with van der Waals surface area (Å²) in [5, 5.41) is 8.76. The van der Waals surface area contributed by atoms with Gasteiger partial charge in [-0.3, -0.25) is 9.59 Å². The molecule has 0 radical (unpaired) electrons. The van der Waals surface area contributed by atoms with Crippen LogP contribution >= 0.6 is 0 Å². The number of carbonyl (C=O) groups is 2. The van der Waals surface area contributed by atoms with Crippen LogP contribution in [0, 0.1) is 11.3 Å². The normalized spacial score (nSPS) is 21.4. The Morgan fingerprint density at radius 1 is 0.886 bits per heavy atom. The molecule has 0 saturated heterocycles. The predicted octanol–water partition coefficient (Wildman–Crippen LogP) is 8.12. The molecule has 0 spiro atoms. The number of rotatable bonds is 13. The molecule has 2 aromatic rings. The van der Waals surface area contributed by atoms with Gasteiger partial charge in [-0.25, -0.2) is 0 Å². The lowest BCUT2D eigenvalue weighted by Gasteiger charge is -2.35. The number of hydrogen-bond acceptors (Lipinski definition) is 2. The lowest BCUT2D eigenvalue weighted by Crippen LogP contribution is -2.27. The standard InChI is InChI=1S/C32H38O3/c1-24(25-15-10-7-11-16-25)32-22-21-29(33)28(32)23-27(31(32)26-17-12-8-13-18-26)19-9-5-3-2-4-6-14-20-30(34)35/h7-8,10-13,15-18,28H,1-6,9,14,19-23H2,(H,34,35). The summed E-state index contributed by atoms with van der Waals surface area (Å²) in [6, 6.07) is 21.1. The van der Waals surface area contributed by atoms with E-state index in [0.29, 0.717) is 12.2 Å². The third kappa shape index (κ3) is 5.50. The van der Waals surface area contributed by atoms with E-state index in [9.17, 15) is 9.59 Å². The minimum Gasteiger partial charge on any atom is -0.481 e. The maximum atomic E-state index is 13.2. The fourth-order valence-corrected chi connectivity index (χ4v) is 6.40. The minimum absolute atomic E-state index is 0.00893. The fourth-order valence-electron chi connectivity index (χ4n) is 6.40. The van der Waals surface area contributed by atoms with Crippen molar-refractivity contribution < 1.29 is 14.7 Å². The van der Waals surface area contributed by atoms with E-state index in [2.05, 4.69) is 61.2 Å². The largest absolute Gasteiger partial charge is 0.481 e. The summed E-state index contributed by atoms with van der Waals surface area (Å²) in [5.74, 6) is -0.290. The van der Waals surface area contributed by atoms with Crippen LogP contribution < -0.4 is 0 Å². The van der Waals surface area contributed by atoms with Gasteiger partial charge in [-0.1, -0.05) is 105 Å². The number of hydrogen-bond donors (Lipinski definition) is 1. The Kier molecular flexibility index (Phi) is 8.38. The molecule has 1 N–H and O–H groups in total. The molecule has 2 unspecified atom stereocenters. The van der Waals surface area contributed by atoms with Crippen LogP contribution in [0.1, 0.15) is 88.2 Å². The molecule has 0 aromatic heterocycles. The molecule has 2 aromatic carbocycles. The Balaban J connectivity index is 1.50. The van der Waals surface area contributed by atoms with Gasteiger partial charge in [0.1, 0.15) is 5.78 Å². The summed E-state index contributed by atoms with van der Waals surface area (Å²) in [4.78, 5) is 23.8. The zero-order valence-electron chi connectivity index (χ0n) is 20.8. The second-order valence-corrected chi connectivity index (χ2v) is 10.3. The molecule has 184 valence electrons. The number of carboxylic acid groups (broad SMARTS) is 1. The van der Waals surface area contributed by atoms with E-state index in [1.54, 1.807) is 0 Å². The van der Waals surface area contributed by atoms with Gasteiger partial charge < -0.3 is 5.11 Å². The van der Waals surface area contributed by atoms with Crippen LogP contribution in [0.2, 0.25) is 0 Å². The van der Waals surface area contributed by atoms with Crippen molar-refractivity contribution in [3.8, 4) is 0 Å². The summed E-state index contributed by atoms with van der Waals surface area (Å²) >= 11 is 0. The number of Topliss-reactive ketones (excluding diaryl/α,β-unsaturated/α-hetero) is 1. The van der Waals surface area contributed by atoms with Crippen LogP contribution in [0.3, 0.4) is 0 Å². The van der Waals surface area contributed by atoms with Crippen molar-refractivity contribution in [2.75, 3.05) is 0 Å². The monoisotopic (exact) mass is 470 g/mol. The second kappa shape index (κ2) is 11.7. The van der Waals surface area contributed by atoms with E-state index >= 15 is 0 Å². The highest BCUT2D eigenvalue weighted by Gasteiger charge is 2.56. The Labute approximate surface area is 210 Å². The fraction of sp³-hybridized carbons (Fsp3) is 0.438. The van der Waals surface area contributed by atoms with E-state index < -0.39 is 5.97 Å². The second-order valence-electron chi connectivity index (χ2n) is 10.3. The third-order valence-electron chi connectivity index (χ3n) is 8.09. The summed E-state index contributed by atoms with van der Waals surface area (Å²) in [6.07, 6.45) is 11.2. The molecular formula is C32H38O3. The molecule has 4 rings (SSSR count). The molecule has 0 heterocycles. The first kappa shape index (κ1) is 25.2. The Bertz CT molecular complexity index is 1070. The van der Waals surface area contributed by atoms with Gasteiger partial charge >= 0.3 is 5.97 Å². The van der Waals surface area contributed by atoms with Crippen molar-refractivity contribution in [2.45, 2.75) is 77.0 Å². The third-order valence-corrected chi connectivity index (χ3v) is 8.09. The van der Waals surface area contributed by atoms with E-state index in [1.807, 2.05) is 6.07 Å². The van der Waals surface area contributed by atoms with Gasteiger partial charge in [0.05, 0.1) is 0 Å². The maximum Gasteiger partial charge on any atom is 0.303 e. The average Bonchev–Trinajstić information content (AvgIpc) is 3.38. The molecule has 1 fully saturated rings. The summed E-state index contributed by atoms with van der Waals surface area (Å²) in [5.41, 5.74) is 6.02. The first-order valence-corrected chi connectivity index (χ1v) is 13.3. The van der Waals surface area contributed by atoms with Crippen LogP contribution in [0.5, 0.6) is 0 Å². The molecule has 2 aliphatic carbocycles. The highest BCUT2D eigenvalue weighted by molar-refractivity contribution is 6.00. The zero-order chi connectivity index (χ0) is 24.7. The Hall–Kier alpha value is -2.94. The first-order chi connectivity index (χ1) is 17.0. The average molecular weight is 471 g/mol. The SMILES string of the molecule is C=C(c1ccccc1)C12CCC(=O)C1CC(CCCCCCCCCC(=O)O)=C2c1ccccc1. The maximum absolute atomic E-state index is 13.2. The molecule has 35 heavy (non-hydrogen) atoms. The van der Waals surface area contributed by atoms with Crippen molar-refractivity contribution in [3.63, 3.8) is 0 Å². The van der Waals surface area contributed by atoms with E-state index in [0.717, 1.165) is 56.1 Å².